The molecule has 98 valence electrons. The summed E-state index contributed by atoms with van der Waals surface area (Å²) >= 11 is 0. The van der Waals surface area contributed by atoms with Gasteiger partial charge in [0.25, 0.3) is 0 Å². The van der Waals surface area contributed by atoms with Crippen molar-refractivity contribution in [2.45, 2.75) is 51.5 Å². The van der Waals surface area contributed by atoms with E-state index in [-0.39, 0.29) is 0 Å². The Labute approximate surface area is 115 Å². The zero-order valence-corrected chi connectivity index (χ0v) is 11.7. The van der Waals surface area contributed by atoms with E-state index in [4.69, 9.17) is 9.73 Å². The minimum Gasteiger partial charge on any atom is -0.458 e. The van der Waals surface area contributed by atoms with Crippen molar-refractivity contribution in [2.24, 2.45) is 4.99 Å². The van der Waals surface area contributed by atoms with Crippen LogP contribution in [-0.4, -0.2) is 24.6 Å². The van der Waals surface area contributed by atoms with E-state index in [0.717, 1.165) is 31.4 Å². The second-order valence-electron chi connectivity index (χ2n) is 5.85. The van der Waals surface area contributed by atoms with Crippen molar-refractivity contribution in [1.82, 2.24) is 4.90 Å². The zero-order valence-electron chi connectivity index (χ0n) is 11.7. The molecule has 2 aliphatic heterocycles. The van der Waals surface area contributed by atoms with Gasteiger partial charge in [0.15, 0.2) is 0 Å². The first-order valence-electron chi connectivity index (χ1n) is 7.46. The Morgan fingerprint density at radius 2 is 2.32 bits per heavy atom. The lowest BCUT2D eigenvalue weighted by Crippen LogP contribution is -2.34. The van der Waals surface area contributed by atoms with Crippen LogP contribution in [0.15, 0.2) is 39.5 Å². The third kappa shape index (κ3) is 1.55. The maximum atomic E-state index is 6.21. The van der Waals surface area contributed by atoms with Crippen LogP contribution in [0.4, 0.5) is 0 Å². The SMILES string of the molecule is BC1=CC2=C(CC1)N1C(CC)=NC3CCCC(=C31)O2. The van der Waals surface area contributed by atoms with Gasteiger partial charge in [0.1, 0.15) is 25.2 Å². The molecule has 0 aromatic carbocycles. The molecule has 19 heavy (non-hydrogen) atoms. The highest BCUT2D eigenvalue weighted by atomic mass is 16.5. The molecule has 0 saturated heterocycles. The van der Waals surface area contributed by atoms with E-state index in [1.165, 1.54) is 41.3 Å². The zero-order chi connectivity index (χ0) is 13.0. The first-order chi connectivity index (χ1) is 9.28. The summed E-state index contributed by atoms with van der Waals surface area (Å²) in [5.41, 5.74) is 4.12. The summed E-state index contributed by atoms with van der Waals surface area (Å²) in [7, 11) is 2.19. The number of ether oxygens (including phenoxy) is 1. The van der Waals surface area contributed by atoms with Crippen molar-refractivity contribution in [3.63, 3.8) is 0 Å². The Hall–Kier alpha value is -1.45. The van der Waals surface area contributed by atoms with E-state index in [9.17, 15) is 0 Å². The molecule has 2 aliphatic carbocycles. The summed E-state index contributed by atoms with van der Waals surface area (Å²) in [6.45, 7) is 2.20. The molecule has 2 heterocycles. The standard InChI is InChI=1S/C15H19BN2O/c1-2-14-17-10-4-3-5-12-15(10)18(14)11-7-6-9(16)8-13(11)19-12/h8,10H,2-7,16H2,1H3. The summed E-state index contributed by atoms with van der Waals surface area (Å²) in [5, 5.41) is 0. The average molecular weight is 254 g/mol. The molecule has 0 aromatic heterocycles. The molecule has 0 fully saturated rings. The first kappa shape index (κ1) is 11.4. The fourth-order valence-corrected chi connectivity index (χ4v) is 3.60. The molecule has 0 radical (unpaired) electrons. The van der Waals surface area contributed by atoms with Crippen molar-refractivity contribution in [3.05, 3.63) is 34.5 Å². The molecule has 0 amide bonds. The normalized spacial score (nSPS) is 28.7. The van der Waals surface area contributed by atoms with Crippen molar-refractivity contribution in [2.75, 3.05) is 0 Å². The van der Waals surface area contributed by atoms with Gasteiger partial charge in [0.2, 0.25) is 0 Å². The fourth-order valence-electron chi connectivity index (χ4n) is 3.60. The van der Waals surface area contributed by atoms with E-state index in [2.05, 4.69) is 25.7 Å². The third-order valence-electron chi connectivity index (χ3n) is 4.52. The van der Waals surface area contributed by atoms with E-state index < -0.39 is 0 Å². The number of hydrogen-bond donors (Lipinski definition) is 0. The smallest absolute Gasteiger partial charge is 0.145 e. The Balaban J connectivity index is 1.84. The summed E-state index contributed by atoms with van der Waals surface area (Å²) in [6, 6.07) is 0.361. The highest BCUT2D eigenvalue weighted by Gasteiger charge is 2.41. The molecule has 0 saturated carbocycles. The van der Waals surface area contributed by atoms with E-state index in [1.54, 1.807) is 0 Å². The minimum atomic E-state index is 0.361. The summed E-state index contributed by atoms with van der Waals surface area (Å²) in [6.07, 6.45) is 8.90. The van der Waals surface area contributed by atoms with E-state index in [1.807, 2.05) is 0 Å². The molecule has 0 N–H and O–H groups in total. The molecule has 0 bridgehead atoms. The Kier molecular flexibility index (Phi) is 2.41. The Morgan fingerprint density at radius 3 is 3.16 bits per heavy atom. The molecular formula is C15H19BN2O. The molecular weight excluding hydrogens is 235 g/mol. The molecule has 0 aromatic rings. The van der Waals surface area contributed by atoms with Gasteiger partial charge >= 0.3 is 0 Å². The van der Waals surface area contributed by atoms with Gasteiger partial charge in [-0.05, 0) is 31.8 Å². The van der Waals surface area contributed by atoms with Crippen LogP contribution in [0.3, 0.4) is 0 Å². The molecule has 4 aliphatic rings. The quantitative estimate of drug-likeness (QED) is 0.671. The predicted molar refractivity (Wildman–Crippen MR) is 78.2 cm³/mol. The minimum absolute atomic E-state index is 0.361. The van der Waals surface area contributed by atoms with Crippen LogP contribution in [0.2, 0.25) is 0 Å². The maximum Gasteiger partial charge on any atom is 0.145 e. The molecule has 0 spiro atoms. The Bertz CT molecular complexity index is 571. The highest BCUT2D eigenvalue weighted by molar-refractivity contribution is 6.21. The number of nitrogens with zero attached hydrogens (tertiary/aromatic N) is 2. The molecule has 1 unspecified atom stereocenters. The number of aliphatic imine (C=N–C) groups is 1. The molecule has 1 atom stereocenters. The van der Waals surface area contributed by atoms with Gasteiger partial charge in [-0.25, -0.2) is 0 Å². The van der Waals surface area contributed by atoms with Crippen molar-refractivity contribution < 1.29 is 4.74 Å². The van der Waals surface area contributed by atoms with Crippen LogP contribution in [0, 0.1) is 0 Å². The second-order valence-corrected chi connectivity index (χ2v) is 5.85. The van der Waals surface area contributed by atoms with Crippen LogP contribution in [0.1, 0.15) is 45.4 Å². The average Bonchev–Trinajstić information content (AvgIpc) is 2.79. The topological polar surface area (TPSA) is 24.8 Å². The molecule has 3 nitrogen and oxygen atoms in total. The van der Waals surface area contributed by atoms with Gasteiger partial charge in [-0.3, -0.25) is 9.89 Å². The number of allylic oxidation sites excluding steroid dienone is 4. The van der Waals surface area contributed by atoms with Gasteiger partial charge in [-0.15, -0.1) is 5.47 Å². The van der Waals surface area contributed by atoms with Crippen LogP contribution >= 0.6 is 0 Å². The summed E-state index contributed by atoms with van der Waals surface area (Å²) in [5.74, 6) is 3.49. The van der Waals surface area contributed by atoms with E-state index in [0.29, 0.717) is 6.04 Å². The lowest BCUT2D eigenvalue weighted by atomic mass is 9.85. The predicted octanol–water partition coefficient (Wildman–Crippen LogP) is 2.43. The number of amidine groups is 1. The van der Waals surface area contributed by atoms with Crippen LogP contribution in [0.5, 0.6) is 0 Å². The van der Waals surface area contributed by atoms with Crippen LogP contribution < -0.4 is 0 Å². The van der Waals surface area contributed by atoms with Crippen LogP contribution in [0.25, 0.3) is 0 Å². The summed E-state index contributed by atoms with van der Waals surface area (Å²) < 4.78 is 6.21. The van der Waals surface area contributed by atoms with E-state index >= 15 is 0 Å². The summed E-state index contributed by atoms with van der Waals surface area (Å²) in [4.78, 5) is 7.36. The molecule has 4 heteroatoms. The monoisotopic (exact) mass is 254 g/mol. The van der Waals surface area contributed by atoms with Gasteiger partial charge in [0, 0.05) is 12.8 Å². The van der Waals surface area contributed by atoms with Crippen molar-refractivity contribution in [3.8, 4) is 0 Å². The first-order valence-corrected chi connectivity index (χ1v) is 7.46. The van der Waals surface area contributed by atoms with Gasteiger partial charge in [0.05, 0.1) is 17.4 Å². The highest BCUT2D eigenvalue weighted by Crippen LogP contribution is 2.45. The third-order valence-corrected chi connectivity index (χ3v) is 4.52. The Morgan fingerprint density at radius 1 is 1.42 bits per heavy atom. The number of hydrogen-bond acceptors (Lipinski definition) is 3. The van der Waals surface area contributed by atoms with Crippen molar-refractivity contribution in [1.29, 1.82) is 0 Å². The maximum absolute atomic E-state index is 6.21. The lowest BCUT2D eigenvalue weighted by molar-refractivity contribution is 0.234. The molecule has 4 rings (SSSR count). The van der Waals surface area contributed by atoms with Gasteiger partial charge in [-0.2, -0.15) is 0 Å². The fraction of sp³-hybridized carbons (Fsp3) is 0.533. The second kappa shape index (κ2) is 4.02. The largest absolute Gasteiger partial charge is 0.458 e. The van der Waals surface area contributed by atoms with Crippen LogP contribution in [-0.2, 0) is 4.74 Å². The lowest BCUT2D eigenvalue weighted by Gasteiger charge is -2.37. The number of fused-ring (bicyclic) bond motifs is 1. The van der Waals surface area contributed by atoms with Gasteiger partial charge < -0.3 is 4.74 Å². The van der Waals surface area contributed by atoms with Gasteiger partial charge in [-0.1, -0.05) is 6.92 Å². The van der Waals surface area contributed by atoms with Crippen molar-refractivity contribution >= 4 is 13.7 Å². The number of rotatable bonds is 1.